The van der Waals surface area contributed by atoms with Gasteiger partial charge in [0.2, 0.25) is 17.8 Å². The van der Waals surface area contributed by atoms with Gasteiger partial charge in [0, 0.05) is 117 Å². The molecule has 0 aliphatic carbocycles. The van der Waals surface area contributed by atoms with Crippen molar-refractivity contribution in [1.82, 2.24) is 57.3 Å². The third-order valence-electron chi connectivity index (χ3n) is 28.7. The zero-order valence-corrected chi connectivity index (χ0v) is 77.9. The highest BCUT2D eigenvalue weighted by Gasteiger charge is 2.26. The van der Waals surface area contributed by atoms with Crippen LogP contribution in [0.1, 0.15) is 0 Å². The fourth-order valence-corrected chi connectivity index (χ4v) is 21.8. The highest BCUT2D eigenvalue weighted by Crippen LogP contribution is 2.45. The molecule has 30 rings (SSSR count). The van der Waals surface area contributed by atoms with Crippen LogP contribution in [0.25, 0.3) is 265 Å². The Balaban J connectivity index is 0.000000105. The van der Waals surface area contributed by atoms with Crippen LogP contribution in [0.4, 0.5) is 0 Å². The van der Waals surface area contributed by atoms with Crippen LogP contribution in [-0.4, -0.2) is 57.3 Å². The fraction of sp³-hybridized carbons (Fsp3) is 0. The second-order valence-electron chi connectivity index (χ2n) is 36.9. The van der Waals surface area contributed by atoms with E-state index in [1.807, 2.05) is 6.07 Å². The van der Waals surface area contributed by atoms with E-state index < -0.39 is 0 Å². The summed E-state index contributed by atoms with van der Waals surface area (Å²) in [6.45, 7) is 0. The van der Waals surface area contributed by atoms with Gasteiger partial charge in [-0.1, -0.05) is 346 Å². The number of rotatable bonds is 12. The smallest absolute Gasteiger partial charge is 0.235 e. The van der Waals surface area contributed by atoms with E-state index in [0.29, 0.717) is 17.8 Å². The molecule has 9 aromatic heterocycles. The average molecular weight is 1840 g/mol. The van der Waals surface area contributed by atoms with Gasteiger partial charge in [-0.2, -0.15) is 0 Å². The van der Waals surface area contributed by atoms with Gasteiger partial charge < -0.3 is 13.7 Å². The predicted octanol–water partition coefficient (Wildman–Crippen LogP) is 33.5. The van der Waals surface area contributed by atoms with Crippen molar-refractivity contribution in [2.24, 2.45) is 0 Å². The lowest BCUT2D eigenvalue weighted by Gasteiger charge is -2.15. The van der Waals surface area contributed by atoms with Crippen molar-refractivity contribution in [2.75, 3.05) is 0 Å². The number of aromatic nitrogens is 12. The number of hydrogen-bond acceptors (Lipinski definition) is 6. The fourth-order valence-electron chi connectivity index (χ4n) is 21.8. The standard InChI is InChI=1S/3C44H28N4/c1-3-11-29(12-4-1)30-19-20-32-26-34(22-21-31(32)25-30)43-37-16-7-9-17-39(37)45-44(46-43)48-40-18-10-8-15-36(40)38-27-33-23-24-47(41(33)28-42(38)48)35-13-5-2-6-14-35;1-3-13-29(14-4-1)32-23-24-36(34-18-8-7-17-33(32)34)43-37-20-9-11-21-39(37)45-44(46-43)48-40-22-12-10-19-35(40)38-27-30-25-26-47(41(30)28-42(38)48)31-15-5-2-6-16-31;1-2-12-35(13-3-1)47-25-24-34-27-38-36-14-7-9-17-40(36)48(42(38)28-41(34)47)44-45-39-16-8-6-15-37(39)43(46-44)31-21-18-30(19-22-31)33-23-20-29-10-4-5-11-32(29)26-33/h3*1-28H. The molecule has 12 heteroatoms. The summed E-state index contributed by atoms with van der Waals surface area (Å²) in [5.41, 5.74) is 29.2. The molecule has 0 fully saturated rings. The molecule has 0 saturated heterocycles. The van der Waals surface area contributed by atoms with Gasteiger partial charge in [-0.05, 0) is 211 Å². The molecule has 144 heavy (non-hydrogen) atoms. The third-order valence-corrected chi connectivity index (χ3v) is 28.7. The largest absolute Gasteiger partial charge is 0.316 e. The number of hydrogen-bond donors (Lipinski definition) is 0. The van der Waals surface area contributed by atoms with Crippen molar-refractivity contribution in [3.8, 4) is 102 Å². The monoisotopic (exact) mass is 1840 g/mol. The van der Waals surface area contributed by atoms with Crippen molar-refractivity contribution in [3.05, 3.63) is 510 Å². The van der Waals surface area contributed by atoms with Gasteiger partial charge >= 0.3 is 0 Å². The Hall–Kier alpha value is -19.6. The lowest BCUT2D eigenvalue weighted by Crippen LogP contribution is -2.04. The molecule has 0 N–H and O–H groups in total. The van der Waals surface area contributed by atoms with E-state index in [-0.39, 0.29) is 0 Å². The zero-order chi connectivity index (χ0) is 94.8. The Morgan fingerprint density at radius 3 is 0.868 bits per heavy atom. The summed E-state index contributed by atoms with van der Waals surface area (Å²) in [5, 5.41) is 21.0. The van der Waals surface area contributed by atoms with Crippen molar-refractivity contribution >= 4 is 163 Å². The van der Waals surface area contributed by atoms with Crippen LogP contribution >= 0.6 is 0 Å². The van der Waals surface area contributed by atoms with E-state index in [0.717, 1.165) is 133 Å². The highest BCUT2D eigenvalue weighted by atomic mass is 15.2. The zero-order valence-electron chi connectivity index (χ0n) is 77.9. The molecule has 12 nitrogen and oxygen atoms in total. The van der Waals surface area contributed by atoms with Crippen LogP contribution in [0.3, 0.4) is 0 Å². The van der Waals surface area contributed by atoms with Crippen LogP contribution in [0.5, 0.6) is 0 Å². The molecule has 0 radical (unpaired) electrons. The summed E-state index contributed by atoms with van der Waals surface area (Å²) < 4.78 is 13.5. The Bertz CT molecular complexity index is 10400. The van der Waals surface area contributed by atoms with Gasteiger partial charge in [-0.3, -0.25) is 13.7 Å². The van der Waals surface area contributed by atoms with Crippen LogP contribution in [0, 0.1) is 0 Å². The van der Waals surface area contributed by atoms with Gasteiger partial charge in [-0.25, -0.2) is 29.9 Å². The minimum absolute atomic E-state index is 0.656. The van der Waals surface area contributed by atoms with E-state index in [4.69, 9.17) is 29.9 Å². The molecule has 0 amide bonds. The molecule has 21 aromatic carbocycles. The topological polar surface area (TPSA) is 107 Å². The summed E-state index contributed by atoms with van der Waals surface area (Å²) in [4.78, 5) is 31.8. The first kappa shape index (κ1) is 82.7. The van der Waals surface area contributed by atoms with Crippen LogP contribution in [0.15, 0.2) is 510 Å². The quantitative estimate of drug-likeness (QED) is 0.121. The highest BCUT2D eigenvalue weighted by molar-refractivity contribution is 6.18. The molecule has 0 bridgehead atoms. The number of fused-ring (bicyclic) bond motifs is 18. The maximum atomic E-state index is 5.46. The molecule has 0 unspecified atom stereocenters. The van der Waals surface area contributed by atoms with Crippen LogP contribution in [0.2, 0.25) is 0 Å². The Kier molecular flexibility index (Phi) is 19.7. The Morgan fingerprint density at radius 2 is 0.431 bits per heavy atom. The SMILES string of the molecule is c1ccc(-c2ccc(-c3nc(-n4c5ccccc5c5cc6ccn(-c7ccccc7)c6cc54)nc4ccccc34)c3ccccc23)cc1.c1ccc(-c2ccc3cc(-c4nc(-n5c6ccccc6c6cc7ccn(-c8ccccc8)c7cc65)nc5ccccc45)ccc3c2)cc1.c1ccc(-n2ccc3cc4c5ccccc5n(-c5nc(-c6ccc(-c7ccc8ccccc8c7)cc6)c6ccccc6n5)c4cc32)cc1. The Morgan fingerprint density at radius 1 is 0.139 bits per heavy atom. The second kappa shape index (κ2) is 34.3. The van der Waals surface area contributed by atoms with Gasteiger partial charge in [-0.15, -0.1) is 0 Å². The van der Waals surface area contributed by atoms with Crippen molar-refractivity contribution < 1.29 is 0 Å². The van der Waals surface area contributed by atoms with Gasteiger partial charge in [0.15, 0.2) is 0 Å². The van der Waals surface area contributed by atoms with E-state index in [1.165, 1.54) is 114 Å². The third kappa shape index (κ3) is 14.1. The molecular formula is C132H84N12. The lowest BCUT2D eigenvalue weighted by molar-refractivity contribution is 1.01. The first-order valence-electron chi connectivity index (χ1n) is 48.8. The van der Waals surface area contributed by atoms with Crippen LogP contribution in [-0.2, 0) is 0 Å². The summed E-state index contributed by atoms with van der Waals surface area (Å²) in [6.07, 6.45) is 6.45. The van der Waals surface area contributed by atoms with Crippen molar-refractivity contribution in [2.45, 2.75) is 0 Å². The lowest BCUT2D eigenvalue weighted by atomic mass is 9.93. The molecule has 9 heterocycles. The first-order chi connectivity index (χ1) is 71.4. The minimum atomic E-state index is 0.656. The van der Waals surface area contributed by atoms with Gasteiger partial charge in [0.05, 0.1) is 83.3 Å². The van der Waals surface area contributed by atoms with Crippen molar-refractivity contribution in [1.29, 1.82) is 0 Å². The molecule has 0 atom stereocenters. The minimum Gasteiger partial charge on any atom is -0.316 e. The second-order valence-corrected chi connectivity index (χ2v) is 36.9. The van der Waals surface area contributed by atoms with Gasteiger partial charge in [0.1, 0.15) is 0 Å². The van der Waals surface area contributed by atoms with E-state index in [2.05, 4.69) is 531 Å². The summed E-state index contributed by atoms with van der Waals surface area (Å²) in [6, 6.07) is 174. The van der Waals surface area contributed by atoms with E-state index >= 15 is 0 Å². The Labute approximate surface area is 826 Å². The maximum Gasteiger partial charge on any atom is 0.235 e. The molecular weight excluding hydrogens is 1750 g/mol. The van der Waals surface area contributed by atoms with Gasteiger partial charge in [0.25, 0.3) is 0 Å². The van der Waals surface area contributed by atoms with E-state index in [1.54, 1.807) is 0 Å². The summed E-state index contributed by atoms with van der Waals surface area (Å²) in [7, 11) is 0. The number of para-hydroxylation sites is 9. The molecule has 0 spiro atoms. The summed E-state index contributed by atoms with van der Waals surface area (Å²) in [5.74, 6) is 1.97. The van der Waals surface area contributed by atoms with Crippen molar-refractivity contribution in [3.63, 3.8) is 0 Å². The number of benzene rings is 21. The predicted molar refractivity (Wildman–Crippen MR) is 597 cm³/mol. The maximum absolute atomic E-state index is 5.46. The molecule has 0 aliphatic rings. The molecule has 672 valence electrons. The summed E-state index contributed by atoms with van der Waals surface area (Å²) >= 11 is 0. The first-order valence-corrected chi connectivity index (χ1v) is 48.8. The van der Waals surface area contributed by atoms with Crippen LogP contribution < -0.4 is 0 Å². The molecule has 30 aromatic rings. The average Bonchev–Trinajstić information content (AvgIpc) is 1.56. The normalized spacial score (nSPS) is 11.8. The van der Waals surface area contributed by atoms with E-state index in [9.17, 15) is 0 Å². The molecule has 0 saturated carbocycles. The number of nitrogens with zero attached hydrogens (tertiary/aromatic N) is 12. The molecule has 0 aliphatic heterocycles.